The zero-order chi connectivity index (χ0) is 13.9. The summed E-state index contributed by atoms with van der Waals surface area (Å²) in [6.07, 6.45) is 2.87. The largest absolute Gasteiger partial charge is 0.332 e. The third-order valence-corrected chi connectivity index (χ3v) is 4.11. The maximum Gasteiger partial charge on any atom is 0.278 e. The molecule has 0 aliphatic carbocycles. The summed E-state index contributed by atoms with van der Waals surface area (Å²) in [6.45, 7) is 3.93. The van der Waals surface area contributed by atoms with Crippen molar-refractivity contribution in [2.45, 2.75) is 31.7 Å². The van der Waals surface area contributed by atoms with Crippen LogP contribution in [0.3, 0.4) is 0 Å². The lowest BCUT2D eigenvalue weighted by molar-refractivity contribution is 0.598. The van der Waals surface area contributed by atoms with Gasteiger partial charge in [-0.05, 0) is 24.1 Å². The highest BCUT2D eigenvalue weighted by atomic mass is 32.2. The number of aromatic nitrogens is 2. The number of H-pyrrole nitrogens is 1. The van der Waals surface area contributed by atoms with Gasteiger partial charge in [0.1, 0.15) is 5.82 Å². The van der Waals surface area contributed by atoms with Gasteiger partial charge in [-0.25, -0.2) is 4.98 Å². The first-order valence-corrected chi connectivity index (χ1v) is 7.69. The minimum atomic E-state index is -3.60. The molecule has 2 N–H and O–H groups in total. The van der Waals surface area contributed by atoms with E-state index in [4.69, 9.17) is 0 Å². The SMILES string of the molecule is CCc1cccc(NS(=O)(=O)c2cnc(CC)[nH]2)c1. The summed E-state index contributed by atoms with van der Waals surface area (Å²) in [5, 5.41) is 0.0891. The van der Waals surface area contributed by atoms with Crippen LogP contribution in [-0.2, 0) is 22.9 Å². The van der Waals surface area contributed by atoms with Crippen LogP contribution in [0.1, 0.15) is 25.2 Å². The Kier molecular flexibility index (Phi) is 3.90. The molecule has 0 aliphatic rings. The van der Waals surface area contributed by atoms with E-state index in [-0.39, 0.29) is 5.03 Å². The first-order valence-electron chi connectivity index (χ1n) is 6.20. The van der Waals surface area contributed by atoms with Crippen LogP contribution in [0.2, 0.25) is 0 Å². The van der Waals surface area contributed by atoms with Crippen molar-refractivity contribution in [1.29, 1.82) is 0 Å². The third kappa shape index (κ3) is 3.14. The average molecular weight is 279 g/mol. The monoisotopic (exact) mass is 279 g/mol. The van der Waals surface area contributed by atoms with Gasteiger partial charge in [0.05, 0.1) is 6.20 Å². The van der Waals surface area contributed by atoms with Crippen molar-refractivity contribution in [1.82, 2.24) is 9.97 Å². The maximum absolute atomic E-state index is 12.1. The van der Waals surface area contributed by atoms with Gasteiger partial charge in [-0.3, -0.25) is 4.72 Å². The Morgan fingerprint density at radius 2 is 2.05 bits per heavy atom. The van der Waals surface area contributed by atoms with Gasteiger partial charge in [0.2, 0.25) is 0 Å². The van der Waals surface area contributed by atoms with Crippen molar-refractivity contribution in [3.8, 4) is 0 Å². The van der Waals surface area contributed by atoms with E-state index in [1.54, 1.807) is 6.07 Å². The van der Waals surface area contributed by atoms with Gasteiger partial charge in [0.25, 0.3) is 10.0 Å². The van der Waals surface area contributed by atoms with Gasteiger partial charge in [-0.1, -0.05) is 26.0 Å². The molecule has 0 spiro atoms. The van der Waals surface area contributed by atoms with Crippen LogP contribution in [0.25, 0.3) is 0 Å². The fourth-order valence-electron chi connectivity index (χ4n) is 1.72. The molecule has 0 aliphatic heterocycles. The Morgan fingerprint density at radius 1 is 1.26 bits per heavy atom. The molecular weight excluding hydrogens is 262 g/mol. The molecule has 0 fully saturated rings. The van der Waals surface area contributed by atoms with Crippen molar-refractivity contribution in [2.75, 3.05) is 4.72 Å². The number of imidazole rings is 1. The van der Waals surface area contributed by atoms with Gasteiger partial charge in [0.15, 0.2) is 5.03 Å². The molecule has 0 saturated heterocycles. The molecule has 0 saturated carbocycles. The molecule has 1 aromatic heterocycles. The summed E-state index contributed by atoms with van der Waals surface area (Å²) < 4.78 is 26.8. The highest BCUT2D eigenvalue weighted by Gasteiger charge is 2.17. The summed E-state index contributed by atoms with van der Waals surface area (Å²) in [5.41, 5.74) is 1.64. The molecular formula is C13H17N3O2S. The van der Waals surface area contributed by atoms with Crippen LogP contribution in [0.5, 0.6) is 0 Å². The Bertz CT molecular complexity index is 662. The average Bonchev–Trinajstić information content (AvgIpc) is 2.88. The van der Waals surface area contributed by atoms with E-state index in [0.717, 1.165) is 12.0 Å². The number of sulfonamides is 1. The number of aryl methyl sites for hydroxylation is 2. The lowest BCUT2D eigenvalue weighted by Gasteiger charge is -2.07. The number of anilines is 1. The van der Waals surface area contributed by atoms with E-state index >= 15 is 0 Å². The zero-order valence-electron chi connectivity index (χ0n) is 11.0. The summed E-state index contributed by atoms with van der Waals surface area (Å²) in [6, 6.07) is 7.35. The van der Waals surface area contributed by atoms with E-state index in [1.807, 2.05) is 32.0 Å². The van der Waals surface area contributed by atoms with Crippen molar-refractivity contribution >= 4 is 15.7 Å². The zero-order valence-corrected chi connectivity index (χ0v) is 11.8. The molecule has 0 unspecified atom stereocenters. The molecule has 102 valence electrons. The first kappa shape index (κ1) is 13.6. The van der Waals surface area contributed by atoms with Crippen LogP contribution in [0.4, 0.5) is 5.69 Å². The second-order valence-electron chi connectivity index (χ2n) is 4.21. The first-order chi connectivity index (χ1) is 9.05. The number of nitrogens with one attached hydrogen (secondary N) is 2. The number of hydrogen-bond donors (Lipinski definition) is 2. The quantitative estimate of drug-likeness (QED) is 0.882. The smallest absolute Gasteiger partial charge is 0.278 e. The molecule has 0 atom stereocenters. The predicted molar refractivity (Wildman–Crippen MR) is 74.6 cm³/mol. The minimum absolute atomic E-state index is 0.0891. The van der Waals surface area contributed by atoms with Gasteiger partial charge in [0, 0.05) is 12.1 Å². The second kappa shape index (κ2) is 5.44. The van der Waals surface area contributed by atoms with Crippen LogP contribution in [-0.4, -0.2) is 18.4 Å². The second-order valence-corrected chi connectivity index (χ2v) is 5.86. The topological polar surface area (TPSA) is 74.8 Å². The van der Waals surface area contributed by atoms with Gasteiger partial charge in [-0.2, -0.15) is 8.42 Å². The van der Waals surface area contributed by atoms with Crippen molar-refractivity contribution in [3.05, 3.63) is 41.9 Å². The van der Waals surface area contributed by atoms with Gasteiger partial charge in [-0.15, -0.1) is 0 Å². The van der Waals surface area contributed by atoms with E-state index in [9.17, 15) is 8.42 Å². The summed E-state index contributed by atoms with van der Waals surface area (Å²) in [7, 11) is -3.60. The normalized spacial score (nSPS) is 11.5. The number of hydrogen-bond acceptors (Lipinski definition) is 3. The van der Waals surface area contributed by atoms with Crippen molar-refractivity contribution in [3.63, 3.8) is 0 Å². The summed E-state index contributed by atoms with van der Waals surface area (Å²) in [5.74, 6) is 0.655. The van der Waals surface area contributed by atoms with E-state index in [0.29, 0.717) is 17.9 Å². The lowest BCUT2D eigenvalue weighted by atomic mass is 10.1. The lowest BCUT2D eigenvalue weighted by Crippen LogP contribution is -2.13. The number of rotatable bonds is 5. The van der Waals surface area contributed by atoms with Crippen LogP contribution >= 0.6 is 0 Å². The Balaban J connectivity index is 2.25. The van der Waals surface area contributed by atoms with E-state index in [2.05, 4.69) is 14.7 Å². The molecule has 0 amide bonds. The predicted octanol–water partition coefficient (Wildman–Crippen LogP) is 2.34. The number of nitrogens with zero attached hydrogens (tertiary/aromatic N) is 1. The standard InChI is InChI=1S/C13H17N3O2S/c1-3-10-6-5-7-11(8-10)16-19(17,18)13-9-14-12(4-2)15-13/h5-9,16H,3-4H2,1-2H3,(H,14,15). The Hall–Kier alpha value is -1.82. The molecule has 1 heterocycles. The highest BCUT2D eigenvalue weighted by Crippen LogP contribution is 2.16. The highest BCUT2D eigenvalue weighted by molar-refractivity contribution is 7.92. The van der Waals surface area contributed by atoms with Crippen LogP contribution in [0.15, 0.2) is 35.5 Å². The maximum atomic E-state index is 12.1. The molecule has 2 rings (SSSR count). The number of benzene rings is 1. The summed E-state index contributed by atoms with van der Waals surface area (Å²) in [4.78, 5) is 6.79. The Morgan fingerprint density at radius 3 is 2.68 bits per heavy atom. The molecule has 6 heteroatoms. The van der Waals surface area contributed by atoms with Crippen molar-refractivity contribution < 1.29 is 8.42 Å². The fraction of sp³-hybridized carbons (Fsp3) is 0.308. The minimum Gasteiger partial charge on any atom is -0.332 e. The molecule has 19 heavy (non-hydrogen) atoms. The molecule has 5 nitrogen and oxygen atoms in total. The van der Waals surface area contributed by atoms with Crippen LogP contribution in [0, 0.1) is 0 Å². The van der Waals surface area contributed by atoms with Crippen LogP contribution < -0.4 is 4.72 Å². The molecule has 2 aromatic rings. The fourth-order valence-corrected chi connectivity index (χ4v) is 2.72. The van der Waals surface area contributed by atoms with Crippen molar-refractivity contribution in [2.24, 2.45) is 0 Å². The van der Waals surface area contributed by atoms with E-state index < -0.39 is 10.0 Å². The molecule has 0 radical (unpaired) electrons. The Labute approximate surface area is 113 Å². The summed E-state index contributed by atoms with van der Waals surface area (Å²) >= 11 is 0. The third-order valence-electron chi connectivity index (χ3n) is 2.82. The number of aromatic amines is 1. The molecule has 1 aromatic carbocycles. The molecule has 0 bridgehead atoms. The van der Waals surface area contributed by atoms with Gasteiger partial charge >= 0.3 is 0 Å². The van der Waals surface area contributed by atoms with E-state index in [1.165, 1.54) is 6.20 Å². The van der Waals surface area contributed by atoms with Gasteiger partial charge < -0.3 is 4.98 Å².